The average Bonchev–Trinajstić information content (AvgIpc) is 2.99. The lowest BCUT2D eigenvalue weighted by atomic mass is 9.96. The van der Waals surface area contributed by atoms with E-state index < -0.39 is 10.0 Å². The standard InChI is InChI=1S/C21H23ClN4O3S/c1-25(2)18-10-9-15(22)12-17(18)23-21(27)14-6-5-11-26(13-14)20-16-7-3-4-8-19(16)30(28,29)24-20/h3-4,7-10,12,14H,5-6,11,13H2,1-2H3,(H,23,27). The lowest BCUT2D eigenvalue weighted by molar-refractivity contribution is -0.121. The van der Waals surface area contributed by atoms with Gasteiger partial charge in [0.15, 0.2) is 5.84 Å². The number of carbonyl (C=O) groups is 1. The largest absolute Gasteiger partial charge is 0.376 e. The third-order valence-electron chi connectivity index (χ3n) is 5.40. The van der Waals surface area contributed by atoms with Crippen LogP contribution < -0.4 is 10.2 Å². The summed E-state index contributed by atoms with van der Waals surface area (Å²) in [5, 5.41) is 3.54. The second kappa shape index (κ2) is 7.92. The number of halogens is 1. The van der Waals surface area contributed by atoms with Crippen molar-refractivity contribution in [2.45, 2.75) is 17.7 Å². The number of sulfonamides is 1. The molecule has 2 heterocycles. The number of piperidine rings is 1. The lowest BCUT2D eigenvalue weighted by Gasteiger charge is -2.33. The van der Waals surface area contributed by atoms with Crippen molar-refractivity contribution in [3.8, 4) is 0 Å². The van der Waals surface area contributed by atoms with Gasteiger partial charge in [0, 0.05) is 37.8 Å². The molecule has 2 aromatic carbocycles. The highest BCUT2D eigenvalue weighted by molar-refractivity contribution is 7.90. The van der Waals surface area contributed by atoms with Crippen molar-refractivity contribution in [1.29, 1.82) is 0 Å². The number of rotatable bonds is 3. The first-order valence-corrected chi connectivity index (χ1v) is 11.5. The van der Waals surface area contributed by atoms with Crippen molar-refractivity contribution in [3.05, 3.63) is 53.1 Å². The van der Waals surface area contributed by atoms with Crippen molar-refractivity contribution in [2.75, 3.05) is 37.4 Å². The molecular weight excluding hydrogens is 424 g/mol. The van der Waals surface area contributed by atoms with Gasteiger partial charge in [-0.3, -0.25) is 4.79 Å². The molecule has 2 aliphatic heterocycles. The van der Waals surface area contributed by atoms with E-state index in [0.717, 1.165) is 18.5 Å². The molecule has 158 valence electrons. The van der Waals surface area contributed by atoms with Crippen LogP contribution in [-0.4, -0.2) is 52.2 Å². The zero-order chi connectivity index (χ0) is 21.5. The average molecular weight is 447 g/mol. The molecule has 1 N–H and O–H groups in total. The molecule has 9 heteroatoms. The Labute approximate surface area is 181 Å². The summed E-state index contributed by atoms with van der Waals surface area (Å²) in [6.45, 7) is 1.07. The third kappa shape index (κ3) is 3.89. The van der Waals surface area contributed by atoms with Crippen molar-refractivity contribution < 1.29 is 13.2 Å². The van der Waals surface area contributed by atoms with Gasteiger partial charge in [-0.1, -0.05) is 23.7 Å². The van der Waals surface area contributed by atoms with Crippen LogP contribution in [0.15, 0.2) is 51.8 Å². The summed E-state index contributed by atoms with van der Waals surface area (Å²) in [6.07, 6.45) is 1.50. The van der Waals surface area contributed by atoms with E-state index in [2.05, 4.69) is 9.71 Å². The first-order valence-electron chi connectivity index (χ1n) is 9.73. The number of nitrogens with zero attached hydrogens (tertiary/aromatic N) is 3. The molecule has 1 saturated heterocycles. The lowest BCUT2D eigenvalue weighted by Crippen LogP contribution is -2.43. The summed E-state index contributed by atoms with van der Waals surface area (Å²) in [5.74, 6) is 0.0329. The van der Waals surface area contributed by atoms with E-state index >= 15 is 0 Å². The molecule has 0 spiro atoms. The van der Waals surface area contributed by atoms with E-state index in [1.54, 1.807) is 36.4 Å². The van der Waals surface area contributed by atoms with Gasteiger partial charge in [-0.15, -0.1) is 4.40 Å². The van der Waals surface area contributed by atoms with Crippen LogP contribution in [0.1, 0.15) is 18.4 Å². The number of amidine groups is 1. The van der Waals surface area contributed by atoms with Gasteiger partial charge < -0.3 is 15.1 Å². The molecule has 1 atom stereocenters. The van der Waals surface area contributed by atoms with Crippen molar-refractivity contribution in [1.82, 2.24) is 4.90 Å². The molecular formula is C21H23ClN4O3S. The Kier molecular flexibility index (Phi) is 5.46. The summed E-state index contributed by atoms with van der Waals surface area (Å²) in [7, 11) is 0.116. The van der Waals surface area contributed by atoms with Crippen molar-refractivity contribution >= 4 is 44.7 Å². The second-order valence-electron chi connectivity index (χ2n) is 7.72. The summed E-state index contributed by atoms with van der Waals surface area (Å²) < 4.78 is 28.8. The Morgan fingerprint density at radius 3 is 2.77 bits per heavy atom. The normalized spacial score (nSPS) is 19.8. The fourth-order valence-electron chi connectivity index (χ4n) is 3.93. The van der Waals surface area contributed by atoms with Crippen molar-refractivity contribution in [2.24, 2.45) is 10.3 Å². The van der Waals surface area contributed by atoms with Gasteiger partial charge in [-0.05, 0) is 43.2 Å². The number of benzene rings is 2. The maximum atomic E-state index is 13.0. The Morgan fingerprint density at radius 2 is 2.00 bits per heavy atom. The first-order chi connectivity index (χ1) is 14.3. The fraction of sp³-hybridized carbons (Fsp3) is 0.333. The minimum atomic E-state index is -3.68. The SMILES string of the molecule is CN(C)c1ccc(Cl)cc1NC(=O)C1CCCN(C2=NS(=O)(=O)c3ccccc32)C1. The summed E-state index contributed by atoms with van der Waals surface area (Å²) >= 11 is 6.12. The fourth-order valence-corrected chi connectivity index (χ4v) is 5.33. The molecule has 30 heavy (non-hydrogen) atoms. The molecule has 0 bridgehead atoms. The van der Waals surface area contributed by atoms with Gasteiger partial charge in [0.25, 0.3) is 10.0 Å². The second-order valence-corrected chi connectivity index (χ2v) is 9.73. The van der Waals surface area contributed by atoms with Crippen molar-refractivity contribution in [3.63, 3.8) is 0 Å². The van der Waals surface area contributed by atoms with E-state index in [1.165, 1.54) is 0 Å². The number of carbonyl (C=O) groups excluding carboxylic acids is 1. The van der Waals surface area contributed by atoms with Gasteiger partial charge in [0.2, 0.25) is 5.91 Å². The smallest absolute Gasteiger partial charge is 0.285 e. The molecule has 0 aromatic heterocycles. The quantitative estimate of drug-likeness (QED) is 0.782. The summed E-state index contributed by atoms with van der Waals surface area (Å²) in [5.41, 5.74) is 2.12. The third-order valence-corrected chi connectivity index (χ3v) is 6.96. The molecule has 0 saturated carbocycles. The zero-order valence-corrected chi connectivity index (χ0v) is 18.4. The molecule has 7 nitrogen and oxygen atoms in total. The van der Waals surface area contributed by atoms with Crippen LogP contribution in [0.3, 0.4) is 0 Å². The molecule has 1 fully saturated rings. The zero-order valence-electron chi connectivity index (χ0n) is 16.8. The van der Waals surface area contributed by atoms with Crippen LogP contribution in [0.25, 0.3) is 0 Å². The van der Waals surface area contributed by atoms with E-state index in [1.807, 2.05) is 30.0 Å². The van der Waals surface area contributed by atoms with Crippen LogP contribution in [-0.2, 0) is 14.8 Å². The van der Waals surface area contributed by atoms with E-state index in [0.29, 0.717) is 35.2 Å². The Bertz CT molecular complexity index is 1130. The van der Waals surface area contributed by atoms with Crippen LogP contribution in [0, 0.1) is 5.92 Å². The van der Waals surface area contributed by atoms with Crippen LogP contribution in [0.2, 0.25) is 5.02 Å². The number of likely N-dealkylation sites (tertiary alicyclic amines) is 1. The minimum Gasteiger partial charge on any atom is -0.376 e. The van der Waals surface area contributed by atoms with E-state index in [-0.39, 0.29) is 16.7 Å². The predicted octanol–water partition coefficient (Wildman–Crippen LogP) is 3.21. The summed E-state index contributed by atoms with van der Waals surface area (Å²) in [4.78, 5) is 17.1. The van der Waals surface area contributed by atoms with E-state index in [4.69, 9.17) is 11.6 Å². The van der Waals surface area contributed by atoms with Crippen LogP contribution >= 0.6 is 11.6 Å². The molecule has 1 amide bonds. The number of anilines is 2. The minimum absolute atomic E-state index is 0.111. The van der Waals surface area contributed by atoms with Gasteiger partial charge in [0.05, 0.1) is 17.3 Å². The highest BCUT2D eigenvalue weighted by Gasteiger charge is 2.35. The summed E-state index contributed by atoms with van der Waals surface area (Å²) in [6, 6.07) is 12.2. The number of fused-ring (bicyclic) bond motifs is 1. The van der Waals surface area contributed by atoms with Gasteiger partial charge in [0.1, 0.15) is 4.90 Å². The number of amides is 1. The van der Waals surface area contributed by atoms with Gasteiger partial charge in [-0.25, -0.2) is 0 Å². The molecule has 1 unspecified atom stereocenters. The van der Waals surface area contributed by atoms with E-state index in [9.17, 15) is 13.2 Å². The van der Waals surface area contributed by atoms with Gasteiger partial charge in [-0.2, -0.15) is 8.42 Å². The molecule has 0 aliphatic carbocycles. The van der Waals surface area contributed by atoms with Crippen LogP contribution in [0.4, 0.5) is 11.4 Å². The monoisotopic (exact) mass is 446 g/mol. The Hall–Kier alpha value is -2.58. The van der Waals surface area contributed by atoms with Gasteiger partial charge >= 0.3 is 0 Å². The van der Waals surface area contributed by atoms with Crippen LogP contribution in [0.5, 0.6) is 0 Å². The Morgan fingerprint density at radius 1 is 1.23 bits per heavy atom. The first kappa shape index (κ1) is 20.7. The maximum absolute atomic E-state index is 13.0. The highest BCUT2D eigenvalue weighted by Crippen LogP contribution is 2.31. The molecule has 2 aromatic rings. The predicted molar refractivity (Wildman–Crippen MR) is 119 cm³/mol. The Balaban J connectivity index is 1.55. The topological polar surface area (TPSA) is 82.1 Å². The number of hydrogen-bond acceptors (Lipinski definition) is 5. The number of nitrogens with one attached hydrogen (secondary N) is 1. The molecule has 0 radical (unpaired) electrons. The molecule has 2 aliphatic rings. The number of hydrogen-bond donors (Lipinski definition) is 1. The molecule has 4 rings (SSSR count). The highest BCUT2D eigenvalue weighted by atomic mass is 35.5. The maximum Gasteiger partial charge on any atom is 0.285 e.